The second-order valence-electron chi connectivity index (χ2n) is 7.32. The molecule has 2 heterocycles. The highest BCUT2D eigenvalue weighted by atomic mass is 32.2. The first-order valence-electron chi connectivity index (χ1n) is 9.57. The van der Waals surface area contributed by atoms with Gasteiger partial charge in [0.15, 0.2) is 0 Å². The molecule has 1 saturated carbocycles. The summed E-state index contributed by atoms with van der Waals surface area (Å²) in [5, 5.41) is 7.83. The van der Waals surface area contributed by atoms with Crippen molar-refractivity contribution in [3.63, 3.8) is 0 Å². The Morgan fingerprint density at radius 3 is 2.71 bits per heavy atom. The molecule has 0 unspecified atom stereocenters. The molecule has 3 aromatic rings. The van der Waals surface area contributed by atoms with Crippen molar-refractivity contribution in [1.29, 1.82) is 0 Å². The Balaban J connectivity index is 1.47. The molecule has 1 aromatic heterocycles. The molecule has 5 rings (SSSR count). The van der Waals surface area contributed by atoms with Crippen LogP contribution < -0.4 is 5.32 Å². The summed E-state index contributed by atoms with van der Waals surface area (Å²) in [6, 6.07) is 16.2. The topological polar surface area (TPSA) is 46.9 Å². The van der Waals surface area contributed by atoms with Crippen molar-refractivity contribution in [3.05, 3.63) is 77.4 Å². The number of benzene rings is 2. The highest BCUT2D eigenvalue weighted by Crippen LogP contribution is 2.40. The molecule has 6 heteroatoms. The number of halogens is 1. The second kappa shape index (κ2) is 7.09. The van der Waals surface area contributed by atoms with E-state index in [0.717, 1.165) is 46.9 Å². The number of carbonyl (C=O) groups excluding carboxylic acids is 1. The quantitative estimate of drug-likeness (QED) is 0.689. The maximum Gasteiger partial charge on any atom is 0.270 e. The average Bonchev–Trinajstić information content (AvgIpc) is 3.47. The van der Waals surface area contributed by atoms with Crippen molar-refractivity contribution in [3.8, 4) is 5.69 Å². The van der Waals surface area contributed by atoms with Gasteiger partial charge in [-0.2, -0.15) is 5.10 Å². The number of amides is 1. The van der Waals surface area contributed by atoms with E-state index >= 15 is 0 Å². The first-order valence-corrected chi connectivity index (χ1v) is 10.6. The summed E-state index contributed by atoms with van der Waals surface area (Å²) in [7, 11) is 0. The minimum Gasteiger partial charge on any atom is -0.344 e. The van der Waals surface area contributed by atoms with Crippen LogP contribution in [0.3, 0.4) is 0 Å². The lowest BCUT2D eigenvalue weighted by Crippen LogP contribution is -2.32. The molecule has 0 radical (unpaired) electrons. The fraction of sp³-hybridized carbons (Fsp3) is 0.273. The van der Waals surface area contributed by atoms with Gasteiger partial charge in [0.1, 0.15) is 11.5 Å². The van der Waals surface area contributed by atoms with Gasteiger partial charge in [-0.3, -0.25) is 4.79 Å². The molecule has 4 nitrogen and oxygen atoms in total. The highest BCUT2D eigenvalue weighted by molar-refractivity contribution is 7.99. The fourth-order valence-electron chi connectivity index (χ4n) is 3.65. The molecular formula is C22H20FN3OS. The van der Waals surface area contributed by atoms with Crippen molar-refractivity contribution in [2.45, 2.75) is 36.1 Å². The number of nitrogens with zero attached hydrogens (tertiary/aromatic N) is 2. The summed E-state index contributed by atoms with van der Waals surface area (Å²) < 4.78 is 15.5. The predicted octanol–water partition coefficient (Wildman–Crippen LogP) is 4.86. The third kappa shape index (κ3) is 3.33. The number of rotatable bonds is 4. The van der Waals surface area contributed by atoms with E-state index in [1.807, 2.05) is 36.4 Å². The third-order valence-electron chi connectivity index (χ3n) is 5.27. The van der Waals surface area contributed by atoms with Crippen LogP contribution in [0.2, 0.25) is 0 Å². The SMILES string of the molecule is O=C(N[C@H]1CCSc2ccc(F)cc21)c1cc(C2CC2)nn1-c1ccccc1. The molecule has 0 saturated heterocycles. The minimum atomic E-state index is -0.272. The van der Waals surface area contributed by atoms with Crippen LogP contribution in [0.25, 0.3) is 5.69 Å². The summed E-state index contributed by atoms with van der Waals surface area (Å²) in [4.78, 5) is 14.2. The van der Waals surface area contributed by atoms with E-state index in [2.05, 4.69) is 5.32 Å². The van der Waals surface area contributed by atoms with Gasteiger partial charge in [-0.05, 0) is 61.2 Å². The maximum absolute atomic E-state index is 13.8. The summed E-state index contributed by atoms with van der Waals surface area (Å²) in [6.45, 7) is 0. The summed E-state index contributed by atoms with van der Waals surface area (Å²) in [5.41, 5.74) is 3.23. The Morgan fingerprint density at radius 1 is 1.11 bits per heavy atom. The van der Waals surface area contributed by atoms with Crippen molar-refractivity contribution in [2.24, 2.45) is 0 Å². The standard InChI is InChI=1S/C22H20FN3OS/c23-15-8-9-21-17(12-15)18(10-11-28-21)24-22(27)20-13-19(14-6-7-14)25-26(20)16-4-2-1-3-5-16/h1-5,8-9,12-14,18H,6-7,10-11H2,(H,24,27)/t18-/m0/s1. The molecule has 0 spiro atoms. The summed E-state index contributed by atoms with van der Waals surface area (Å²) >= 11 is 1.70. The molecule has 1 amide bonds. The van der Waals surface area contributed by atoms with Gasteiger partial charge in [-0.1, -0.05) is 18.2 Å². The van der Waals surface area contributed by atoms with Crippen LogP contribution in [0.4, 0.5) is 4.39 Å². The van der Waals surface area contributed by atoms with Gasteiger partial charge >= 0.3 is 0 Å². The zero-order valence-corrected chi connectivity index (χ0v) is 16.1. The van der Waals surface area contributed by atoms with Crippen LogP contribution in [0.1, 0.15) is 53.0 Å². The van der Waals surface area contributed by atoms with Crippen LogP contribution in [0, 0.1) is 5.82 Å². The zero-order valence-electron chi connectivity index (χ0n) is 15.3. The Kier molecular flexibility index (Phi) is 4.43. The summed E-state index contributed by atoms with van der Waals surface area (Å²) in [6.07, 6.45) is 3.03. The van der Waals surface area contributed by atoms with Gasteiger partial charge in [0.2, 0.25) is 0 Å². The van der Waals surface area contributed by atoms with E-state index in [9.17, 15) is 9.18 Å². The molecular weight excluding hydrogens is 373 g/mol. The molecule has 28 heavy (non-hydrogen) atoms. The molecule has 0 bridgehead atoms. The number of aromatic nitrogens is 2. The normalized spacial score (nSPS) is 18.5. The lowest BCUT2D eigenvalue weighted by Gasteiger charge is -2.26. The highest BCUT2D eigenvalue weighted by Gasteiger charge is 2.30. The number of fused-ring (bicyclic) bond motifs is 1. The number of hydrogen-bond acceptors (Lipinski definition) is 3. The Morgan fingerprint density at radius 2 is 1.93 bits per heavy atom. The number of nitrogens with one attached hydrogen (secondary N) is 1. The van der Waals surface area contributed by atoms with Gasteiger partial charge in [0, 0.05) is 16.6 Å². The van der Waals surface area contributed by atoms with Gasteiger partial charge < -0.3 is 5.32 Å². The molecule has 2 aliphatic rings. The lowest BCUT2D eigenvalue weighted by molar-refractivity contribution is 0.0927. The van der Waals surface area contributed by atoms with Crippen molar-refractivity contribution < 1.29 is 9.18 Å². The molecule has 1 aliphatic heterocycles. The number of hydrogen-bond donors (Lipinski definition) is 1. The molecule has 1 N–H and O–H groups in total. The van der Waals surface area contributed by atoms with E-state index in [1.54, 1.807) is 22.5 Å². The Labute approximate surface area is 167 Å². The van der Waals surface area contributed by atoms with Crippen LogP contribution in [-0.2, 0) is 0 Å². The van der Waals surface area contributed by atoms with Crippen molar-refractivity contribution in [1.82, 2.24) is 15.1 Å². The Bertz CT molecular complexity index is 1030. The van der Waals surface area contributed by atoms with Crippen LogP contribution in [-0.4, -0.2) is 21.4 Å². The first kappa shape index (κ1) is 17.5. The molecule has 1 fully saturated rings. The molecule has 142 valence electrons. The van der Waals surface area contributed by atoms with E-state index in [-0.39, 0.29) is 17.8 Å². The number of thioether (sulfide) groups is 1. The first-order chi connectivity index (χ1) is 13.7. The van der Waals surface area contributed by atoms with Gasteiger partial charge in [-0.15, -0.1) is 11.8 Å². The van der Waals surface area contributed by atoms with E-state index in [4.69, 9.17) is 5.10 Å². The summed E-state index contributed by atoms with van der Waals surface area (Å²) in [5.74, 6) is 0.910. The number of para-hydroxylation sites is 1. The van der Waals surface area contributed by atoms with Gasteiger partial charge in [0.25, 0.3) is 5.91 Å². The average molecular weight is 393 g/mol. The largest absolute Gasteiger partial charge is 0.344 e. The van der Waals surface area contributed by atoms with E-state index in [0.29, 0.717) is 11.6 Å². The second-order valence-corrected chi connectivity index (χ2v) is 8.46. The van der Waals surface area contributed by atoms with Crippen LogP contribution in [0.15, 0.2) is 59.5 Å². The maximum atomic E-state index is 13.8. The predicted molar refractivity (Wildman–Crippen MR) is 107 cm³/mol. The lowest BCUT2D eigenvalue weighted by atomic mass is 10.0. The fourth-order valence-corrected chi connectivity index (χ4v) is 4.76. The molecule has 1 atom stereocenters. The van der Waals surface area contributed by atoms with Crippen molar-refractivity contribution in [2.75, 3.05) is 5.75 Å². The van der Waals surface area contributed by atoms with Crippen molar-refractivity contribution >= 4 is 17.7 Å². The molecule has 1 aliphatic carbocycles. The van der Waals surface area contributed by atoms with E-state index < -0.39 is 0 Å². The van der Waals surface area contributed by atoms with Gasteiger partial charge in [0.05, 0.1) is 17.4 Å². The smallest absolute Gasteiger partial charge is 0.270 e. The Hall–Kier alpha value is -2.60. The zero-order chi connectivity index (χ0) is 19.1. The number of carbonyl (C=O) groups is 1. The van der Waals surface area contributed by atoms with Crippen LogP contribution in [0.5, 0.6) is 0 Å². The monoisotopic (exact) mass is 393 g/mol. The van der Waals surface area contributed by atoms with E-state index in [1.165, 1.54) is 12.1 Å². The third-order valence-corrected chi connectivity index (χ3v) is 6.40. The van der Waals surface area contributed by atoms with Crippen LogP contribution >= 0.6 is 11.8 Å². The molecule has 2 aromatic carbocycles. The van der Waals surface area contributed by atoms with Gasteiger partial charge in [-0.25, -0.2) is 9.07 Å². The minimum absolute atomic E-state index is 0.171.